The third kappa shape index (κ3) is 5.58. The van der Waals surface area contributed by atoms with Gasteiger partial charge in [-0.15, -0.1) is 11.3 Å². The number of carbonyl (C=O) groups excluding carboxylic acids is 1. The molecule has 1 amide bonds. The van der Waals surface area contributed by atoms with E-state index in [1.54, 1.807) is 16.0 Å². The van der Waals surface area contributed by atoms with Gasteiger partial charge in [-0.1, -0.05) is 32.0 Å². The van der Waals surface area contributed by atoms with Crippen molar-refractivity contribution in [2.45, 2.75) is 46.6 Å². The molecule has 0 saturated carbocycles. The van der Waals surface area contributed by atoms with Crippen LogP contribution < -0.4 is 5.32 Å². The summed E-state index contributed by atoms with van der Waals surface area (Å²) in [6, 6.07) is 14.1. The van der Waals surface area contributed by atoms with Crippen molar-refractivity contribution in [2.75, 3.05) is 19.6 Å². The van der Waals surface area contributed by atoms with Crippen molar-refractivity contribution in [3.63, 3.8) is 0 Å². The van der Waals surface area contributed by atoms with E-state index in [1.807, 2.05) is 48.7 Å². The summed E-state index contributed by atoms with van der Waals surface area (Å²) in [5.41, 5.74) is 3.43. The van der Waals surface area contributed by atoms with Gasteiger partial charge in [-0.25, -0.2) is 4.68 Å². The van der Waals surface area contributed by atoms with Crippen LogP contribution in [-0.2, 0) is 0 Å². The molecule has 1 N–H and O–H groups in total. The Morgan fingerprint density at radius 3 is 2.67 bits per heavy atom. The van der Waals surface area contributed by atoms with Gasteiger partial charge >= 0.3 is 0 Å². The van der Waals surface area contributed by atoms with E-state index in [0.717, 1.165) is 54.3 Å². The molecule has 6 heteroatoms. The van der Waals surface area contributed by atoms with Crippen molar-refractivity contribution < 1.29 is 4.79 Å². The van der Waals surface area contributed by atoms with Crippen molar-refractivity contribution in [3.05, 3.63) is 59.1 Å². The van der Waals surface area contributed by atoms with Gasteiger partial charge in [0, 0.05) is 6.04 Å². The van der Waals surface area contributed by atoms with Gasteiger partial charge in [0.25, 0.3) is 5.91 Å². The van der Waals surface area contributed by atoms with Crippen LogP contribution in [0, 0.1) is 6.92 Å². The molecule has 0 fully saturated rings. The highest BCUT2D eigenvalue weighted by atomic mass is 32.1. The fourth-order valence-electron chi connectivity index (χ4n) is 3.57. The Morgan fingerprint density at radius 1 is 1.20 bits per heavy atom. The molecule has 0 aliphatic rings. The molecule has 2 heterocycles. The maximum absolute atomic E-state index is 13.1. The summed E-state index contributed by atoms with van der Waals surface area (Å²) in [6.07, 6.45) is 2.03. The first kappa shape index (κ1) is 22.2. The molecule has 160 valence electrons. The van der Waals surface area contributed by atoms with Crippen LogP contribution in [0.15, 0.2) is 47.8 Å². The Bertz CT molecular complexity index is 944. The van der Waals surface area contributed by atoms with Crippen LogP contribution >= 0.6 is 11.3 Å². The van der Waals surface area contributed by atoms with Crippen LogP contribution in [0.5, 0.6) is 0 Å². The highest BCUT2D eigenvalue weighted by Crippen LogP contribution is 2.26. The normalized spacial score (nSPS) is 12.3. The Morgan fingerprint density at radius 2 is 2.00 bits per heavy atom. The van der Waals surface area contributed by atoms with E-state index < -0.39 is 0 Å². The first-order chi connectivity index (χ1) is 14.5. The number of nitrogens with one attached hydrogen (secondary N) is 1. The fourth-order valence-corrected chi connectivity index (χ4v) is 4.26. The summed E-state index contributed by atoms with van der Waals surface area (Å²) < 4.78 is 1.76. The third-order valence-corrected chi connectivity index (χ3v) is 6.24. The van der Waals surface area contributed by atoms with Crippen LogP contribution in [0.25, 0.3) is 16.3 Å². The summed E-state index contributed by atoms with van der Waals surface area (Å²) in [7, 11) is 0. The second kappa shape index (κ2) is 10.5. The largest absolute Gasteiger partial charge is 0.348 e. The predicted molar refractivity (Wildman–Crippen MR) is 126 cm³/mol. The summed E-state index contributed by atoms with van der Waals surface area (Å²) in [5, 5.41) is 9.96. The van der Waals surface area contributed by atoms with Crippen molar-refractivity contribution in [1.82, 2.24) is 20.0 Å². The number of rotatable bonds is 10. The lowest BCUT2D eigenvalue weighted by Gasteiger charge is -2.20. The summed E-state index contributed by atoms with van der Waals surface area (Å²) in [5.74, 6) is -0.0813. The Balaban J connectivity index is 1.77. The SMILES string of the molecule is CCN(CC)CCC[C@@H](C)NC(=O)c1cc(-c2cccs2)nn1-c1cccc(C)c1. The van der Waals surface area contributed by atoms with E-state index in [0.29, 0.717) is 5.69 Å². The summed E-state index contributed by atoms with van der Waals surface area (Å²) in [4.78, 5) is 16.6. The maximum atomic E-state index is 13.1. The van der Waals surface area contributed by atoms with Gasteiger partial charge in [0.15, 0.2) is 0 Å². The second-order valence-electron chi connectivity index (χ2n) is 7.69. The molecule has 0 spiro atoms. The minimum atomic E-state index is -0.0813. The van der Waals surface area contributed by atoms with Crippen LogP contribution in [0.1, 0.15) is 49.7 Å². The maximum Gasteiger partial charge on any atom is 0.270 e. The summed E-state index contributed by atoms with van der Waals surface area (Å²) in [6.45, 7) is 11.7. The highest BCUT2D eigenvalue weighted by molar-refractivity contribution is 7.13. The standard InChI is InChI=1S/C24H32N4OS/c1-5-27(6-2)14-8-11-19(4)25-24(29)22-17-21(23-13-9-15-30-23)26-28(22)20-12-7-10-18(3)16-20/h7,9-10,12-13,15-17,19H,5-6,8,11,14H2,1-4H3,(H,25,29)/t19-/m1/s1. The molecule has 3 aromatic rings. The van der Waals surface area contributed by atoms with E-state index >= 15 is 0 Å². The average molecular weight is 425 g/mol. The Kier molecular flexibility index (Phi) is 7.82. The lowest BCUT2D eigenvalue weighted by atomic mass is 10.1. The lowest BCUT2D eigenvalue weighted by Crippen LogP contribution is -2.34. The topological polar surface area (TPSA) is 50.2 Å². The first-order valence-corrected chi connectivity index (χ1v) is 11.6. The molecule has 0 saturated heterocycles. The van der Waals surface area contributed by atoms with Gasteiger partial charge in [0.1, 0.15) is 11.4 Å². The number of nitrogens with zero attached hydrogens (tertiary/aromatic N) is 3. The van der Waals surface area contributed by atoms with Crippen LogP contribution in [-0.4, -0.2) is 46.3 Å². The van der Waals surface area contributed by atoms with Crippen molar-refractivity contribution in [2.24, 2.45) is 0 Å². The number of carbonyl (C=O) groups is 1. The first-order valence-electron chi connectivity index (χ1n) is 10.8. The van der Waals surface area contributed by atoms with E-state index in [2.05, 4.69) is 37.1 Å². The molecular formula is C24H32N4OS. The third-order valence-electron chi connectivity index (χ3n) is 5.35. The zero-order valence-electron chi connectivity index (χ0n) is 18.4. The number of hydrogen-bond donors (Lipinski definition) is 1. The number of aromatic nitrogens is 2. The Hall–Kier alpha value is -2.44. The molecule has 0 aliphatic heterocycles. The van der Waals surface area contributed by atoms with Gasteiger partial charge in [-0.3, -0.25) is 4.79 Å². The van der Waals surface area contributed by atoms with E-state index in [4.69, 9.17) is 5.10 Å². The van der Waals surface area contributed by atoms with Crippen LogP contribution in [0.2, 0.25) is 0 Å². The fraction of sp³-hybridized carbons (Fsp3) is 0.417. The average Bonchev–Trinajstić information content (AvgIpc) is 3.41. The minimum Gasteiger partial charge on any atom is -0.348 e. The molecule has 1 aromatic carbocycles. The zero-order chi connectivity index (χ0) is 21.5. The molecule has 0 radical (unpaired) electrons. The quantitative estimate of drug-likeness (QED) is 0.490. The summed E-state index contributed by atoms with van der Waals surface area (Å²) >= 11 is 1.63. The Labute approximate surface area is 183 Å². The molecule has 1 atom stereocenters. The van der Waals surface area contributed by atoms with E-state index in [9.17, 15) is 4.79 Å². The highest BCUT2D eigenvalue weighted by Gasteiger charge is 2.19. The monoisotopic (exact) mass is 424 g/mol. The number of thiophene rings is 1. The zero-order valence-corrected chi connectivity index (χ0v) is 19.2. The predicted octanol–water partition coefficient (Wildman–Crippen LogP) is 5.15. The number of hydrogen-bond acceptors (Lipinski definition) is 4. The number of amides is 1. The molecule has 3 rings (SSSR count). The molecule has 0 bridgehead atoms. The van der Waals surface area contributed by atoms with E-state index in [-0.39, 0.29) is 11.9 Å². The lowest BCUT2D eigenvalue weighted by molar-refractivity contribution is 0.0929. The smallest absolute Gasteiger partial charge is 0.270 e. The molecule has 0 unspecified atom stereocenters. The van der Waals surface area contributed by atoms with Crippen molar-refractivity contribution in [3.8, 4) is 16.3 Å². The molecule has 2 aromatic heterocycles. The minimum absolute atomic E-state index is 0.0813. The van der Waals surface area contributed by atoms with Gasteiger partial charge < -0.3 is 10.2 Å². The molecule has 5 nitrogen and oxygen atoms in total. The van der Waals surface area contributed by atoms with Gasteiger partial charge in [0.2, 0.25) is 0 Å². The van der Waals surface area contributed by atoms with Crippen molar-refractivity contribution >= 4 is 17.2 Å². The number of aryl methyl sites for hydroxylation is 1. The van der Waals surface area contributed by atoms with Gasteiger partial charge in [-0.2, -0.15) is 5.10 Å². The number of benzene rings is 1. The molecular weight excluding hydrogens is 392 g/mol. The molecule has 0 aliphatic carbocycles. The van der Waals surface area contributed by atoms with Crippen LogP contribution in [0.3, 0.4) is 0 Å². The second-order valence-corrected chi connectivity index (χ2v) is 8.63. The van der Waals surface area contributed by atoms with Crippen molar-refractivity contribution in [1.29, 1.82) is 0 Å². The van der Waals surface area contributed by atoms with E-state index in [1.165, 1.54) is 0 Å². The van der Waals surface area contributed by atoms with Crippen LogP contribution in [0.4, 0.5) is 0 Å². The van der Waals surface area contributed by atoms with Gasteiger partial charge in [-0.05, 0) is 81.5 Å². The molecule has 30 heavy (non-hydrogen) atoms. The van der Waals surface area contributed by atoms with Gasteiger partial charge in [0.05, 0.1) is 10.6 Å².